The van der Waals surface area contributed by atoms with Crippen LogP contribution >= 0.6 is 12.4 Å². The van der Waals surface area contributed by atoms with Crippen LogP contribution in [0, 0.1) is 0 Å². The van der Waals surface area contributed by atoms with E-state index in [1.807, 2.05) is 4.90 Å². The number of halogens is 1. The molecule has 0 radical (unpaired) electrons. The van der Waals surface area contributed by atoms with E-state index in [1.165, 1.54) is 0 Å². The van der Waals surface area contributed by atoms with Gasteiger partial charge in [-0.15, -0.1) is 12.4 Å². The van der Waals surface area contributed by atoms with E-state index in [0.29, 0.717) is 43.2 Å². The van der Waals surface area contributed by atoms with E-state index in [1.54, 1.807) is 37.3 Å². The maximum Gasteiger partial charge on any atom is 0.254 e. The van der Waals surface area contributed by atoms with Gasteiger partial charge >= 0.3 is 0 Å². The molecule has 2 aliphatic rings. The quantitative estimate of drug-likeness (QED) is 0.819. The van der Waals surface area contributed by atoms with Gasteiger partial charge in [0.15, 0.2) is 11.5 Å². The van der Waals surface area contributed by atoms with Crippen molar-refractivity contribution in [2.45, 2.75) is 37.6 Å². The average Bonchev–Trinajstić information content (AvgIpc) is 2.72. The molecule has 1 aliphatic carbocycles. The average molecular weight is 412 g/mol. The van der Waals surface area contributed by atoms with Crippen molar-refractivity contribution in [2.24, 2.45) is 5.73 Å². The van der Waals surface area contributed by atoms with E-state index in [9.17, 15) is 9.59 Å². The Kier molecular flexibility index (Phi) is 7.55. The highest BCUT2D eigenvalue weighted by Crippen LogP contribution is 2.29. The Balaban J connectivity index is 0.00000280. The molecule has 1 saturated carbocycles. The number of hydrogen-bond acceptors (Lipinski definition) is 5. The summed E-state index contributed by atoms with van der Waals surface area (Å²) < 4.78 is 10.5. The first-order chi connectivity index (χ1) is 13.0. The molecule has 156 valence electrons. The number of amides is 2. The Morgan fingerprint density at radius 2 is 1.50 bits per heavy atom. The zero-order valence-corrected chi connectivity index (χ0v) is 17.4. The maximum atomic E-state index is 12.8. The molecule has 1 aromatic rings. The van der Waals surface area contributed by atoms with Gasteiger partial charge in [0.1, 0.15) is 0 Å². The molecule has 1 saturated heterocycles. The van der Waals surface area contributed by atoms with Gasteiger partial charge in [-0.3, -0.25) is 9.59 Å². The Morgan fingerprint density at radius 3 is 2.07 bits per heavy atom. The number of ether oxygens (including phenoxy) is 2. The lowest BCUT2D eigenvalue weighted by molar-refractivity contribution is -0.139. The summed E-state index contributed by atoms with van der Waals surface area (Å²) in [5.74, 6) is 1.09. The van der Waals surface area contributed by atoms with Crippen LogP contribution in [0.5, 0.6) is 11.5 Å². The van der Waals surface area contributed by atoms with Gasteiger partial charge < -0.3 is 25.0 Å². The molecule has 3 rings (SSSR count). The van der Waals surface area contributed by atoms with Crippen LogP contribution in [-0.4, -0.2) is 67.6 Å². The normalized spacial score (nSPS) is 18.8. The van der Waals surface area contributed by atoms with Crippen molar-refractivity contribution in [1.29, 1.82) is 0 Å². The van der Waals surface area contributed by atoms with E-state index >= 15 is 0 Å². The van der Waals surface area contributed by atoms with Gasteiger partial charge in [0, 0.05) is 31.7 Å². The van der Waals surface area contributed by atoms with Crippen molar-refractivity contribution in [2.75, 3.05) is 40.4 Å². The number of nitrogens with zero attached hydrogens (tertiary/aromatic N) is 2. The van der Waals surface area contributed by atoms with Crippen LogP contribution < -0.4 is 15.2 Å². The highest BCUT2D eigenvalue weighted by atomic mass is 35.5. The summed E-state index contributed by atoms with van der Waals surface area (Å²) in [5.41, 5.74) is 6.22. The smallest absolute Gasteiger partial charge is 0.254 e. The van der Waals surface area contributed by atoms with Crippen LogP contribution in [0.2, 0.25) is 0 Å². The first kappa shape index (κ1) is 22.3. The van der Waals surface area contributed by atoms with Gasteiger partial charge in [-0.2, -0.15) is 0 Å². The minimum Gasteiger partial charge on any atom is -0.493 e. The summed E-state index contributed by atoms with van der Waals surface area (Å²) in [6.45, 7) is 2.07. The number of benzene rings is 1. The van der Waals surface area contributed by atoms with E-state index in [2.05, 4.69) is 0 Å². The lowest BCUT2D eigenvalue weighted by atomic mass is 9.81. The Hall–Kier alpha value is -1.99. The van der Waals surface area contributed by atoms with Gasteiger partial charge in [0.05, 0.1) is 19.8 Å². The molecule has 8 heteroatoms. The van der Waals surface area contributed by atoms with Crippen LogP contribution in [0.25, 0.3) is 0 Å². The Labute approximate surface area is 172 Å². The second-order valence-electron chi connectivity index (χ2n) is 7.37. The highest BCUT2D eigenvalue weighted by molar-refractivity contribution is 5.95. The number of hydrogen-bond donors (Lipinski definition) is 1. The zero-order valence-electron chi connectivity index (χ0n) is 16.6. The van der Waals surface area contributed by atoms with Crippen molar-refractivity contribution >= 4 is 24.2 Å². The second kappa shape index (κ2) is 9.47. The minimum absolute atomic E-state index is 0. The number of carbonyl (C=O) groups is 2. The summed E-state index contributed by atoms with van der Waals surface area (Å²) in [4.78, 5) is 29.2. The number of nitrogens with two attached hydrogens (primary N) is 1. The predicted octanol–water partition coefficient (Wildman–Crippen LogP) is 2.07. The summed E-state index contributed by atoms with van der Waals surface area (Å²) in [7, 11) is 3.11. The molecule has 0 atom stereocenters. The van der Waals surface area contributed by atoms with Crippen molar-refractivity contribution in [3.8, 4) is 11.5 Å². The molecule has 0 spiro atoms. The highest BCUT2D eigenvalue weighted by Gasteiger charge is 2.39. The third-order valence-electron chi connectivity index (χ3n) is 5.66. The van der Waals surface area contributed by atoms with Crippen molar-refractivity contribution in [3.63, 3.8) is 0 Å². The maximum absolute atomic E-state index is 12.8. The summed E-state index contributed by atoms with van der Waals surface area (Å²) in [6, 6.07) is 5.15. The molecule has 28 heavy (non-hydrogen) atoms. The van der Waals surface area contributed by atoms with E-state index in [0.717, 1.165) is 32.1 Å². The third-order valence-corrected chi connectivity index (χ3v) is 5.66. The SMILES string of the molecule is COc1ccc(C(=O)N2CCN(C(=O)C3(N)CCCCC3)CC2)cc1OC.Cl. The number of carbonyl (C=O) groups excluding carboxylic acids is 2. The summed E-state index contributed by atoms with van der Waals surface area (Å²) in [5, 5.41) is 0. The standard InChI is InChI=1S/C20H29N3O4.ClH/c1-26-16-7-6-15(14-17(16)27-2)18(24)22-10-12-23(13-11-22)19(25)20(21)8-4-3-5-9-20;/h6-7,14H,3-5,8-13,21H2,1-2H3;1H. The lowest BCUT2D eigenvalue weighted by Crippen LogP contribution is -2.60. The van der Waals surface area contributed by atoms with E-state index < -0.39 is 5.54 Å². The monoisotopic (exact) mass is 411 g/mol. The molecule has 1 heterocycles. The van der Waals surface area contributed by atoms with Crippen LogP contribution in [0.15, 0.2) is 18.2 Å². The molecule has 2 fully saturated rings. The fourth-order valence-corrected chi connectivity index (χ4v) is 3.98. The molecule has 1 aromatic carbocycles. The summed E-state index contributed by atoms with van der Waals surface area (Å²) >= 11 is 0. The molecular weight excluding hydrogens is 382 g/mol. The molecule has 2 N–H and O–H groups in total. The summed E-state index contributed by atoms with van der Waals surface area (Å²) in [6.07, 6.45) is 4.70. The molecular formula is C20H30ClN3O4. The van der Waals surface area contributed by atoms with Crippen LogP contribution in [-0.2, 0) is 4.79 Å². The van der Waals surface area contributed by atoms with E-state index in [-0.39, 0.29) is 24.2 Å². The van der Waals surface area contributed by atoms with E-state index in [4.69, 9.17) is 15.2 Å². The second-order valence-corrected chi connectivity index (χ2v) is 7.37. The first-order valence-corrected chi connectivity index (χ1v) is 9.58. The fraction of sp³-hybridized carbons (Fsp3) is 0.600. The van der Waals surface area contributed by atoms with Crippen molar-refractivity contribution in [1.82, 2.24) is 9.80 Å². The largest absolute Gasteiger partial charge is 0.493 e. The molecule has 7 nitrogen and oxygen atoms in total. The number of rotatable bonds is 4. The lowest BCUT2D eigenvalue weighted by Gasteiger charge is -2.41. The van der Waals surface area contributed by atoms with Gasteiger partial charge in [0.25, 0.3) is 5.91 Å². The topological polar surface area (TPSA) is 85.1 Å². The van der Waals surface area contributed by atoms with Crippen molar-refractivity contribution in [3.05, 3.63) is 23.8 Å². The van der Waals surface area contributed by atoms with Gasteiger partial charge in [-0.05, 0) is 31.0 Å². The molecule has 2 amide bonds. The van der Waals surface area contributed by atoms with Crippen molar-refractivity contribution < 1.29 is 19.1 Å². The van der Waals surface area contributed by atoms with Gasteiger partial charge in [-0.1, -0.05) is 19.3 Å². The molecule has 0 aromatic heterocycles. The third kappa shape index (κ3) is 4.52. The molecule has 0 bridgehead atoms. The Morgan fingerprint density at radius 1 is 0.929 bits per heavy atom. The fourth-order valence-electron chi connectivity index (χ4n) is 3.98. The number of piperazine rings is 1. The van der Waals surface area contributed by atoms with Gasteiger partial charge in [0.2, 0.25) is 5.91 Å². The van der Waals surface area contributed by atoms with Crippen LogP contribution in [0.4, 0.5) is 0 Å². The zero-order chi connectivity index (χ0) is 19.4. The predicted molar refractivity (Wildman–Crippen MR) is 109 cm³/mol. The van der Waals surface area contributed by atoms with Gasteiger partial charge in [-0.25, -0.2) is 0 Å². The minimum atomic E-state index is -0.715. The first-order valence-electron chi connectivity index (χ1n) is 9.58. The van der Waals surface area contributed by atoms with Crippen LogP contribution in [0.3, 0.4) is 0 Å². The molecule has 0 unspecified atom stereocenters. The molecule has 1 aliphatic heterocycles. The number of methoxy groups -OCH3 is 2. The Bertz CT molecular complexity index is 699. The van der Waals surface area contributed by atoms with Crippen LogP contribution in [0.1, 0.15) is 42.5 Å².